The number of benzene rings is 1. The fourth-order valence-electron chi connectivity index (χ4n) is 2.27. The van der Waals surface area contributed by atoms with Gasteiger partial charge in [0.2, 0.25) is 0 Å². The van der Waals surface area contributed by atoms with Crippen LogP contribution in [0, 0.1) is 11.3 Å². The van der Waals surface area contributed by atoms with Gasteiger partial charge in [0.15, 0.2) is 0 Å². The Balaban J connectivity index is 2.74. The predicted octanol–water partition coefficient (Wildman–Crippen LogP) is 1.50. The molecule has 0 N–H and O–H groups in total. The summed E-state index contributed by atoms with van der Waals surface area (Å²) in [5.74, 6) is -1.13. The van der Waals surface area contributed by atoms with Crippen LogP contribution >= 0.6 is 0 Å². The van der Waals surface area contributed by atoms with Gasteiger partial charge in [0.25, 0.3) is 11.5 Å². The maximum absolute atomic E-state index is 12.5. The fraction of sp³-hybridized carbons (Fsp3) is 0.214. The number of likely N-dealkylation sites (N-methyl/N-ethyl adjacent to an activating group) is 1. The number of fused-ring (bicyclic) bond motifs is 1. The first kappa shape index (κ1) is 12.8. The second kappa shape index (κ2) is 4.25. The molecule has 1 unspecified atom stereocenters. The normalized spacial score (nSPS) is 20.7. The van der Waals surface area contributed by atoms with Gasteiger partial charge in [-0.1, -0.05) is 24.8 Å². The number of rotatable bonds is 2. The van der Waals surface area contributed by atoms with E-state index in [1.54, 1.807) is 31.3 Å². The molecule has 1 atom stereocenters. The molecular weight excluding hydrogens is 244 g/mol. The Kier molecular flexibility index (Phi) is 2.87. The van der Waals surface area contributed by atoms with Crippen LogP contribution in [0.5, 0.6) is 0 Å². The fourth-order valence-corrected chi connectivity index (χ4v) is 2.27. The first-order chi connectivity index (χ1) is 8.95. The second-order valence-corrected chi connectivity index (χ2v) is 4.25. The number of nitrogens with zero attached hydrogens (tertiary/aromatic N) is 2. The van der Waals surface area contributed by atoms with Gasteiger partial charge in [-0.15, -0.1) is 0 Å². The minimum absolute atomic E-state index is 0.107. The summed E-state index contributed by atoms with van der Waals surface area (Å²) in [6, 6.07) is 8.69. The van der Waals surface area contributed by atoms with Gasteiger partial charge >= 0.3 is 5.97 Å². The average molecular weight is 256 g/mol. The van der Waals surface area contributed by atoms with E-state index in [4.69, 9.17) is 10.00 Å². The second-order valence-electron chi connectivity index (χ2n) is 4.25. The molecule has 0 aliphatic carbocycles. The Labute approximate surface area is 110 Å². The van der Waals surface area contributed by atoms with Crippen LogP contribution in [0.2, 0.25) is 0 Å². The van der Waals surface area contributed by atoms with Crippen molar-refractivity contribution in [3.63, 3.8) is 0 Å². The summed E-state index contributed by atoms with van der Waals surface area (Å²) >= 11 is 0. The summed E-state index contributed by atoms with van der Waals surface area (Å²) in [6.07, 6.45) is 0. The number of nitriles is 1. The minimum Gasteiger partial charge on any atom is -0.438 e. The first-order valence-electron chi connectivity index (χ1n) is 5.62. The van der Waals surface area contributed by atoms with E-state index >= 15 is 0 Å². The van der Waals surface area contributed by atoms with Gasteiger partial charge in [0.1, 0.15) is 0 Å². The van der Waals surface area contributed by atoms with Crippen molar-refractivity contribution in [3.05, 3.63) is 42.0 Å². The molecule has 96 valence electrons. The van der Waals surface area contributed by atoms with E-state index < -0.39 is 17.5 Å². The molecule has 0 saturated heterocycles. The van der Waals surface area contributed by atoms with E-state index in [1.165, 1.54) is 11.8 Å². The zero-order valence-corrected chi connectivity index (χ0v) is 10.6. The van der Waals surface area contributed by atoms with E-state index in [0.717, 1.165) is 0 Å². The lowest BCUT2D eigenvalue weighted by molar-refractivity contribution is -0.160. The third kappa shape index (κ3) is 1.61. The van der Waals surface area contributed by atoms with E-state index in [0.29, 0.717) is 11.3 Å². The van der Waals surface area contributed by atoms with Crippen LogP contribution in [0.1, 0.15) is 12.5 Å². The number of amides is 1. The standard InChI is InChI=1S/C14H12N2O3/c1-9(8-15)14(19-10(2)17)11-6-4-5-7-12(11)16(3)13(14)18/h4-7H,1H2,2-3H3. The molecule has 1 aliphatic rings. The van der Waals surface area contributed by atoms with Crippen molar-refractivity contribution in [3.8, 4) is 6.07 Å². The quantitative estimate of drug-likeness (QED) is 0.594. The molecule has 0 radical (unpaired) electrons. The number of carbonyl (C=O) groups excluding carboxylic acids is 2. The van der Waals surface area contributed by atoms with Crippen molar-refractivity contribution in [2.45, 2.75) is 12.5 Å². The predicted molar refractivity (Wildman–Crippen MR) is 68.0 cm³/mol. The largest absolute Gasteiger partial charge is 0.438 e. The van der Waals surface area contributed by atoms with Crippen molar-refractivity contribution in [2.24, 2.45) is 0 Å². The third-order valence-electron chi connectivity index (χ3n) is 3.11. The van der Waals surface area contributed by atoms with Gasteiger partial charge < -0.3 is 9.64 Å². The van der Waals surface area contributed by atoms with Gasteiger partial charge in [0.05, 0.1) is 17.3 Å². The van der Waals surface area contributed by atoms with Gasteiger partial charge in [-0.3, -0.25) is 9.59 Å². The lowest BCUT2D eigenvalue weighted by Gasteiger charge is -2.26. The summed E-state index contributed by atoms with van der Waals surface area (Å²) in [4.78, 5) is 25.2. The van der Waals surface area contributed by atoms with Crippen molar-refractivity contribution in [2.75, 3.05) is 11.9 Å². The lowest BCUT2D eigenvalue weighted by atomic mass is 9.88. The number of ether oxygens (including phenoxy) is 1. The van der Waals surface area contributed by atoms with Crippen LogP contribution < -0.4 is 4.90 Å². The highest BCUT2D eigenvalue weighted by atomic mass is 16.6. The van der Waals surface area contributed by atoms with Crippen LogP contribution in [0.3, 0.4) is 0 Å². The van der Waals surface area contributed by atoms with Crippen molar-refractivity contribution < 1.29 is 14.3 Å². The molecule has 0 saturated carbocycles. The van der Waals surface area contributed by atoms with Crippen molar-refractivity contribution in [1.82, 2.24) is 0 Å². The Bertz CT molecular complexity index is 630. The van der Waals surface area contributed by atoms with Crippen molar-refractivity contribution in [1.29, 1.82) is 5.26 Å². The van der Waals surface area contributed by atoms with E-state index in [-0.39, 0.29) is 5.57 Å². The van der Waals surface area contributed by atoms with E-state index in [9.17, 15) is 9.59 Å². The third-order valence-corrected chi connectivity index (χ3v) is 3.11. The Morgan fingerprint density at radius 2 is 2.11 bits per heavy atom. The molecule has 5 heteroatoms. The zero-order valence-electron chi connectivity index (χ0n) is 10.6. The minimum atomic E-state index is -1.73. The number of hydrogen-bond donors (Lipinski definition) is 0. The highest BCUT2D eigenvalue weighted by Gasteiger charge is 2.55. The lowest BCUT2D eigenvalue weighted by Crippen LogP contribution is -2.43. The van der Waals surface area contributed by atoms with Crippen LogP contribution in [0.25, 0.3) is 0 Å². The summed E-state index contributed by atoms with van der Waals surface area (Å²) in [5.41, 5.74) is -0.773. The van der Waals surface area contributed by atoms with E-state index in [2.05, 4.69) is 6.58 Å². The molecular formula is C14H12N2O3. The molecule has 0 fully saturated rings. The first-order valence-corrected chi connectivity index (χ1v) is 5.62. The Hall–Kier alpha value is -2.61. The molecule has 1 aromatic carbocycles. The molecule has 0 aromatic heterocycles. The molecule has 0 bridgehead atoms. The average Bonchev–Trinajstić information content (AvgIpc) is 2.61. The highest BCUT2D eigenvalue weighted by Crippen LogP contribution is 2.45. The van der Waals surface area contributed by atoms with Crippen LogP contribution in [-0.2, 0) is 19.9 Å². The summed E-state index contributed by atoms with van der Waals surface area (Å²) in [5, 5.41) is 9.09. The SMILES string of the molecule is C=C(C#N)C1(OC(C)=O)C(=O)N(C)c2ccccc21. The summed E-state index contributed by atoms with van der Waals surface area (Å²) in [6.45, 7) is 4.77. The number of hydrogen-bond acceptors (Lipinski definition) is 4. The molecule has 1 heterocycles. The van der Waals surface area contributed by atoms with Crippen molar-refractivity contribution >= 4 is 17.6 Å². The maximum Gasteiger partial charge on any atom is 0.304 e. The molecule has 19 heavy (non-hydrogen) atoms. The van der Waals surface area contributed by atoms with Crippen LogP contribution in [-0.4, -0.2) is 18.9 Å². The van der Waals surface area contributed by atoms with Gasteiger partial charge in [-0.25, -0.2) is 0 Å². The number of carbonyl (C=O) groups is 2. The zero-order chi connectivity index (χ0) is 14.2. The Morgan fingerprint density at radius 1 is 1.47 bits per heavy atom. The monoisotopic (exact) mass is 256 g/mol. The summed E-state index contributed by atoms with van der Waals surface area (Å²) in [7, 11) is 1.57. The molecule has 1 aliphatic heterocycles. The van der Waals surface area contributed by atoms with Gasteiger partial charge in [-0.2, -0.15) is 5.26 Å². The Morgan fingerprint density at radius 3 is 2.68 bits per heavy atom. The summed E-state index contributed by atoms with van der Waals surface area (Å²) < 4.78 is 5.21. The highest BCUT2D eigenvalue weighted by molar-refractivity contribution is 6.10. The smallest absolute Gasteiger partial charge is 0.304 e. The van der Waals surface area contributed by atoms with Crippen LogP contribution in [0.4, 0.5) is 5.69 Å². The maximum atomic E-state index is 12.5. The molecule has 1 aromatic rings. The van der Waals surface area contributed by atoms with E-state index in [1.807, 2.05) is 6.07 Å². The van der Waals surface area contributed by atoms with Gasteiger partial charge in [0, 0.05) is 19.5 Å². The van der Waals surface area contributed by atoms with Crippen LogP contribution in [0.15, 0.2) is 36.4 Å². The topological polar surface area (TPSA) is 70.4 Å². The number of esters is 1. The number of anilines is 1. The number of para-hydroxylation sites is 1. The van der Waals surface area contributed by atoms with Gasteiger partial charge in [-0.05, 0) is 6.07 Å². The molecule has 5 nitrogen and oxygen atoms in total. The molecule has 1 amide bonds. The molecule has 2 rings (SSSR count). The molecule has 0 spiro atoms.